The highest BCUT2D eigenvalue weighted by Gasteiger charge is 2.33. The Morgan fingerprint density at radius 3 is 3.00 bits per heavy atom. The van der Waals surface area contributed by atoms with Crippen molar-refractivity contribution < 1.29 is 19.7 Å². The minimum absolute atomic E-state index is 0.0610. The molecule has 0 radical (unpaired) electrons. The summed E-state index contributed by atoms with van der Waals surface area (Å²) in [4.78, 5) is 16.6. The number of ether oxygens (including phenoxy) is 1. The van der Waals surface area contributed by atoms with Gasteiger partial charge in [-0.15, -0.1) is 0 Å². The third-order valence-electron chi connectivity index (χ3n) is 3.16. The number of pyridine rings is 1. The highest BCUT2D eigenvalue weighted by Crippen LogP contribution is 2.22. The van der Waals surface area contributed by atoms with E-state index >= 15 is 0 Å². The zero-order valence-corrected chi connectivity index (χ0v) is 11.2. The van der Waals surface area contributed by atoms with Crippen molar-refractivity contribution in [1.29, 1.82) is 0 Å². The third kappa shape index (κ3) is 3.18. The first-order chi connectivity index (χ1) is 8.99. The first kappa shape index (κ1) is 14.1. The van der Waals surface area contributed by atoms with E-state index in [4.69, 9.17) is 21.4 Å². The van der Waals surface area contributed by atoms with Crippen LogP contribution in [-0.2, 0) is 0 Å². The second kappa shape index (κ2) is 5.77. The lowest BCUT2D eigenvalue weighted by Crippen LogP contribution is -2.57. The monoisotopic (exact) mass is 284 g/mol. The Morgan fingerprint density at radius 2 is 2.47 bits per heavy atom. The van der Waals surface area contributed by atoms with Gasteiger partial charge in [0.25, 0.3) is 0 Å². The van der Waals surface area contributed by atoms with Crippen LogP contribution in [0.3, 0.4) is 0 Å². The maximum absolute atomic E-state index is 10.9. The number of hydrogen-bond donors (Lipinski definition) is 2. The summed E-state index contributed by atoms with van der Waals surface area (Å²) in [5.74, 6) is -0.781. The van der Waals surface area contributed by atoms with Gasteiger partial charge in [-0.3, -0.25) is 0 Å². The summed E-state index contributed by atoms with van der Waals surface area (Å²) in [5, 5.41) is 18.3. The van der Waals surface area contributed by atoms with Crippen LogP contribution in [-0.4, -0.2) is 52.1 Å². The van der Waals surface area contributed by atoms with Crippen LogP contribution < -0.4 is 4.74 Å². The first-order valence-electron chi connectivity index (χ1n) is 5.94. The number of aromatic nitrogens is 1. The predicted molar refractivity (Wildman–Crippen MR) is 70.6 cm³/mol. The zero-order valence-electron chi connectivity index (χ0n) is 10.4. The second-order valence-electron chi connectivity index (χ2n) is 4.44. The number of rotatable bonds is 5. The van der Waals surface area contributed by atoms with Gasteiger partial charge in [0.05, 0.1) is 6.20 Å². The normalized spacial score (nSPS) is 18.8. The highest BCUT2D eigenvalue weighted by atomic mass is 35.5. The molecule has 8 heteroatoms. The van der Waals surface area contributed by atoms with Gasteiger partial charge in [0.1, 0.15) is 23.1 Å². The molecule has 2 N–H and O–H groups in total. The van der Waals surface area contributed by atoms with Crippen molar-refractivity contribution >= 4 is 24.6 Å². The summed E-state index contributed by atoms with van der Waals surface area (Å²) >= 11 is 5.67. The summed E-state index contributed by atoms with van der Waals surface area (Å²) in [6, 6.07) is 1.49. The Hall–Kier alpha value is -1.31. The van der Waals surface area contributed by atoms with Crippen molar-refractivity contribution in [3.8, 4) is 5.75 Å². The van der Waals surface area contributed by atoms with Crippen LogP contribution >= 0.6 is 11.6 Å². The largest absolute Gasteiger partial charge is 0.490 e. The van der Waals surface area contributed by atoms with Gasteiger partial charge in [0, 0.05) is 6.04 Å². The molecule has 0 amide bonds. The smallest absolute Gasteiger partial charge is 0.376 e. The number of carbonyl (C=O) groups is 1. The molecule has 1 aromatic heterocycles. The molecule has 0 aromatic carbocycles. The second-order valence-corrected chi connectivity index (χ2v) is 4.80. The van der Waals surface area contributed by atoms with E-state index in [1.54, 1.807) is 6.82 Å². The molecule has 1 saturated heterocycles. The molecular formula is C11H14BClN2O4. The predicted octanol–water partition coefficient (Wildman–Crippen LogP) is 0.997. The Labute approximate surface area is 116 Å². The fraction of sp³-hybridized carbons (Fsp3) is 0.455. The summed E-state index contributed by atoms with van der Waals surface area (Å²) < 4.78 is 5.50. The van der Waals surface area contributed by atoms with Crippen molar-refractivity contribution in [3.63, 3.8) is 0 Å². The van der Waals surface area contributed by atoms with E-state index in [2.05, 4.69) is 4.98 Å². The van der Waals surface area contributed by atoms with Crippen LogP contribution in [0.25, 0.3) is 0 Å². The molecule has 1 aromatic rings. The maximum atomic E-state index is 10.9. The van der Waals surface area contributed by atoms with E-state index in [9.17, 15) is 9.82 Å². The fourth-order valence-electron chi connectivity index (χ4n) is 1.98. The number of hydrogen-bond acceptors (Lipinski definition) is 5. The van der Waals surface area contributed by atoms with Crippen molar-refractivity contribution in [2.75, 3.05) is 13.2 Å². The van der Waals surface area contributed by atoms with Crippen molar-refractivity contribution in [2.24, 2.45) is 0 Å². The molecule has 0 bridgehead atoms. The molecule has 19 heavy (non-hydrogen) atoms. The molecule has 1 aliphatic heterocycles. The molecule has 2 heterocycles. The molecule has 102 valence electrons. The molecule has 2 rings (SSSR count). The van der Waals surface area contributed by atoms with E-state index in [-0.39, 0.29) is 16.8 Å². The molecular weight excluding hydrogens is 270 g/mol. The number of carboxylic acids is 1. The Kier molecular flexibility index (Phi) is 4.29. The fourth-order valence-corrected chi connectivity index (χ4v) is 2.17. The molecule has 0 unspecified atom stereocenters. The minimum Gasteiger partial charge on any atom is -0.490 e. The highest BCUT2D eigenvalue weighted by molar-refractivity contribution is 6.45. The quantitative estimate of drug-likeness (QED) is 0.620. The van der Waals surface area contributed by atoms with E-state index in [1.807, 2.05) is 4.81 Å². The summed E-state index contributed by atoms with van der Waals surface area (Å²) in [5.41, 5.74) is -0.0832. The van der Waals surface area contributed by atoms with Crippen LogP contribution in [0.4, 0.5) is 0 Å². The van der Waals surface area contributed by atoms with Gasteiger partial charge in [0.2, 0.25) is 0 Å². The van der Waals surface area contributed by atoms with Crippen molar-refractivity contribution in [3.05, 3.63) is 23.0 Å². The van der Waals surface area contributed by atoms with Gasteiger partial charge in [-0.25, -0.2) is 9.78 Å². The van der Waals surface area contributed by atoms with Gasteiger partial charge in [-0.05, 0) is 25.9 Å². The van der Waals surface area contributed by atoms with Gasteiger partial charge < -0.3 is 19.7 Å². The van der Waals surface area contributed by atoms with Crippen molar-refractivity contribution in [2.45, 2.75) is 19.3 Å². The average Bonchev–Trinajstić information content (AvgIpc) is 2.28. The topological polar surface area (TPSA) is 82.9 Å². The molecule has 1 fully saturated rings. The van der Waals surface area contributed by atoms with Crippen LogP contribution in [0.2, 0.25) is 12.0 Å². The zero-order chi connectivity index (χ0) is 14.0. The number of halogens is 1. The molecule has 1 atom stereocenters. The van der Waals surface area contributed by atoms with E-state index in [0.29, 0.717) is 12.4 Å². The molecule has 6 nitrogen and oxygen atoms in total. The lowest BCUT2D eigenvalue weighted by Gasteiger charge is -2.41. The van der Waals surface area contributed by atoms with E-state index in [0.717, 1.165) is 13.0 Å². The standard InChI is InChI=1S/C11H14BClN2O4/c1-12(18)15-3-2-7(15)6-19-8-4-9(11(16)17)10(13)14-5-8/h4-5,7,18H,2-3,6H2,1H3,(H,16,17)/t7-/m1/s1. The van der Waals surface area contributed by atoms with Crippen LogP contribution in [0.1, 0.15) is 16.8 Å². The average molecular weight is 285 g/mol. The van der Waals surface area contributed by atoms with Gasteiger partial charge in [-0.2, -0.15) is 0 Å². The lowest BCUT2D eigenvalue weighted by molar-refractivity contribution is 0.0695. The molecule has 1 aliphatic rings. The molecule has 0 saturated carbocycles. The number of carboxylic acid groups (broad SMARTS) is 1. The summed E-state index contributed by atoms with van der Waals surface area (Å²) in [6.45, 7) is 2.93. The lowest BCUT2D eigenvalue weighted by atomic mass is 9.78. The Bertz CT molecular complexity index is 486. The Morgan fingerprint density at radius 1 is 1.74 bits per heavy atom. The van der Waals surface area contributed by atoms with E-state index in [1.165, 1.54) is 12.3 Å². The van der Waals surface area contributed by atoms with Gasteiger partial charge >= 0.3 is 13.0 Å². The molecule has 0 spiro atoms. The Balaban J connectivity index is 1.97. The SMILES string of the molecule is CB(O)N1CC[C@@H]1COc1cnc(Cl)c(C(=O)O)c1. The number of nitrogens with zero attached hydrogens (tertiary/aromatic N) is 2. The van der Waals surface area contributed by atoms with Gasteiger partial charge in [0.15, 0.2) is 0 Å². The minimum atomic E-state index is -1.14. The third-order valence-corrected chi connectivity index (χ3v) is 3.46. The number of aromatic carboxylic acids is 1. The maximum Gasteiger partial charge on any atom is 0.376 e. The van der Waals surface area contributed by atoms with E-state index < -0.39 is 13.0 Å². The molecule has 0 aliphatic carbocycles. The van der Waals surface area contributed by atoms with Gasteiger partial charge in [-0.1, -0.05) is 11.6 Å². The van der Waals surface area contributed by atoms with Crippen molar-refractivity contribution in [1.82, 2.24) is 9.79 Å². The van der Waals surface area contributed by atoms with Crippen LogP contribution in [0, 0.1) is 0 Å². The van der Waals surface area contributed by atoms with Crippen LogP contribution in [0.15, 0.2) is 12.3 Å². The first-order valence-corrected chi connectivity index (χ1v) is 6.32. The summed E-state index contributed by atoms with van der Waals surface area (Å²) in [6.07, 6.45) is 2.33. The van der Waals surface area contributed by atoms with Crippen LogP contribution in [0.5, 0.6) is 5.75 Å². The summed E-state index contributed by atoms with van der Waals surface area (Å²) in [7, 11) is -0.500.